The Balaban J connectivity index is 1.50. The van der Waals surface area contributed by atoms with Crippen LogP contribution in [0.4, 0.5) is 11.4 Å². The molecule has 154 valence electrons. The fourth-order valence-corrected chi connectivity index (χ4v) is 3.65. The molecule has 7 nitrogen and oxygen atoms in total. The number of hydrogen-bond acceptors (Lipinski definition) is 5. The minimum Gasteiger partial charge on any atom is -0.363 e. The summed E-state index contributed by atoms with van der Waals surface area (Å²) in [5.41, 5.74) is 3.15. The second-order valence-corrected chi connectivity index (χ2v) is 7.39. The predicted molar refractivity (Wildman–Crippen MR) is 114 cm³/mol. The maximum atomic E-state index is 12.5. The third kappa shape index (κ3) is 5.32. The van der Waals surface area contributed by atoms with Crippen LogP contribution >= 0.6 is 0 Å². The van der Waals surface area contributed by atoms with Crippen molar-refractivity contribution in [3.05, 3.63) is 69.8 Å². The second-order valence-electron chi connectivity index (χ2n) is 7.39. The Hall–Kier alpha value is -2.93. The van der Waals surface area contributed by atoms with E-state index in [4.69, 9.17) is 0 Å². The van der Waals surface area contributed by atoms with Gasteiger partial charge in [-0.15, -0.1) is 0 Å². The van der Waals surface area contributed by atoms with E-state index in [1.807, 2.05) is 17.9 Å². The molecule has 1 saturated heterocycles. The number of carbonyl (C=O) groups excluding carboxylic acids is 1. The van der Waals surface area contributed by atoms with Gasteiger partial charge in [-0.3, -0.25) is 19.8 Å². The summed E-state index contributed by atoms with van der Waals surface area (Å²) in [5.74, 6) is -0.00351. The van der Waals surface area contributed by atoms with Gasteiger partial charge in [0.25, 0.3) is 5.69 Å². The van der Waals surface area contributed by atoms with Crippen LogP contribution in [0.3, 0.4) is 0 Å². The van der Waals surface area contributed by atoms with Crippen molar-refractivity contribution in [2.45, 2.75) is 26.3 Å². The van der Waals surface area contributed by atoms with E-state index in [9.17, 15) is 14.9 Å². The Bertz CT molecular complexity index is 845. The molecular weight excluding hydrogens is 368 g/mol. The molecule has 0 spiro atoms. The molecule has 0 aromatic heterocycles. The van der Waals surface area contributed by atoms with Crippen molar-refractivity contribution in [1.82, 2.24) is 10.2 Å². The number of rotatable bonds is 7. The smallest absolute Gasteiger partial charge is 0.292 e. The van der Waals surface area contributed by atoms with Crippen LogP contribution in [0.1, 0.15) is 31.0 Å². The number of carbonyl (C=O) groups is 1. The second kappa shape index (κ2) is 9.52. The number of nitrogens with one attached hydrogen (secondary N) is 1. The van der Waals surface area contributed by atoms with Crippen LogP contribution in [0.25, 0.3) is 0 Å². The molecule has 0 bridgehead atoms. The van der Waals surface area contributed by atoms with E-state index in [0.717, 1.165) is 12.0 Å². The molecule has 1 heterocycles. The minimum atomic E-state index is -0.344. The molecule has 1 fully saturated rings. The Kier molecular flexibility index (Phi) is 6.82. The fraction of sp³-hybridized carbons (Fsp3) is 0.409. The van der Waals surface area contributed by atoms with Crippen molar-refractivity contribution in [1.29, 1.82) is 0 Å². The van der Waals surface area contributed by atoms with Gasteiger partial charge >= 0.3 is 0 Å². The molecule has 7 heteroatoms. The van der Waals surface area contributed by atoms with Crippen molar-refractivity contribution >= 4 is 17.3 Å². The first-order valence-electron chi connectivity index (χ1n) is 10.1. The van der Waals surface area contributed by atoms with Gasteiger partial charge in [-0.25, -0.2) is 0 Å². The van der Waals surface area contributed by atoms with Crippen LogP contribution < -0.4 is 10.2 Å². The number of para-hydroxylation sites is 2. The first-order chi connectivity index (χ1) is 14.0. The summed E-state index contributed by atoms with van der Waals surface area (Å²) in [7, 11) is 0. The van der Waals surface area contributed by atoms with Crippen molar-refractivity contribution in [2.75, 3.05) is 37.6 Å². The van der Waals surface area contributed by atoms with Crippen molar-refractivity contribution < 1.29 is 9.72 Å². The van der Waals surface area contributed by atoms with Crippen LogP contribution in [0, 0.1) is 10.1 Å². The quantitative estimate of drug-likeness (QED) is 0.575. The number of benzene rings is 2. The van der Waals surface area contributed by atoms with E-state index >= 15 is 0 Å². The molecule has 1 N–H and O–H groups in total. The van der Waals surface area contributed by atoms with Gasteiger partial charge in [0.05, 0.1) is 17.5 Å². The molecule has 1 atom stereocenters. The molecule has 1 unspecified atom stereocenters. The highest BCUT2D eigenvalue weighted by Gasteiger charge is 2.24. The minimum absolute atomic E-state index is 0.00351. The molecule has 1 aliphatic rings. The third-order valence-corrected chi connectivity index (χ3v) is 5.42. The van der Waals surface area contributed by atoms with Crippen LogP contribution in [0.2, 0.25) is 0 Å². The molecule has 2 aromatic rings. The zero-order valence-corrected chi connectivity index (χ0v) is 17.0. The number of hydrogen-bond donors (Lipinski definition) is 1. The van der Waals surface area contributed by atoms with E-state index in [1.165, 1.54) is 11.6 Å². The average Bonchev–Trinajstić information content (AvgIpc) is 2.74. The van der Waals surface area contributed by atoms with E-state index in [1.54, 1.807) is 12.1 Å². The monoisotopic (exact) mass is 396 g/mol. The summed E-state index contributed by atoms with van der Waals surface area (Å²) in [6.45, 7) is 7.15. The number of piperazine rings is 1. The molecule has 1 amide bonds. The summed E-state index contributed by atoms with van der Waals surface area (Å²) < 4.78 is 0. The normalized spacial score (nSPS) is 15.7. The highest BCUT2D eigenvalue weighted by atomic mass is 16.6. The summed E-state index contributed by atoms with van der Waals surface area (Å²) in [6.07, 6.45) is 0.999. The highest BCUT2D eigenvalue weighted by molar-refractivity contribution is 5.78. The lowest BCUT2D eigenvalue weighted by Gasteiger charge is -2.35. The highest BCUT2D eigenvalue weighted by Crippen LogP contribution is 2.28. The van der Waals surface area contributed by atoms with Crippen molar-refractivity contribution in [2.24, 2.45) is 0 Å². The molecular formula is C22H28N4O3. The van der Waals surface area contributed by atoms with Crippen molar-refractivity contribution in [3.63, 3.8) is 0 Å². The first-order valence-corrected chi connectivity index (χ1v) is 10.1. The maximum absolute atomic E-state index is 12.5. The molecule has 2 aromatic carbocycles. The number of nitro benzene ring substituents is 1. The summed E-state index contributed by atoms with van der Waals surface area (Å²) in [4.78, 5) is 27.5. The molecule has 3 rings (SSSR count). The van der Waals surface area contributed by atoms with E-state index in [0.29, 0.717) is 38.4 Å². The Morgan fingerprint density at radius 1 is 1.10 bits per heavy atom. The zero-order chi connectivity index (χ0) is 20.8. The van der Waals surface area contributed by atoms with Crippen molar-refractivity contribution in [3.8, 4) is 0 Å². The number of amides is 1. The van der Waals surface area contributed by atoms with Gasteiger partial charge in [-0.05, 0) is 30.5 Å². The summed E-state index contributed by atoms with van der Waals surface area (Å²) in [5, 5.41) is 14.3. The van der Waals surface area contributed by atoms with Crippen LogP contribution in [0.5, 0.6) is 0 Å². The molecule has 29 heavy (non-hydrogen) atoms. The SMILES string of the molecule is CCc1ccc(C(C)NC(=O)CN2CCN(c3ccccc3[N+](=O)[O-])CC2)cc1. The van der Waals surface area contributed by atoms with Gasteiger partial charge in [-0.1, -0.05) is 43.3 Å². The Morgan fingerprint density at radius 2 is 1.76 bits per heavy atom. The van der Waals surface area contributed by atoms with E-state index in [-0.39, 0.29) is 22.6 Å². The molecule has 1 aliphatic heterocycles. The number of nitrogens with zero attached hydrogens (tertiary/aromatic N) is 3. The van der Waals surface area contributed by atoms with Crippen LogP contribution in [-0.2, 0) is 11.2 Å². The van der Waals surface area contributed by atoms with E-state index < -0.39 is 0 Å². The van der Waals surface area contributed by atoms with Gasteiger partial charge in [0, 0.05) is 32.2 Å². The number of aryl methyl sites for hydroxylation is 1. The van der Waals surface area contributed by atoms with Gasteiger partial charge in [0.15, 0.2) is 0 Å². The van der Waals surface area contributed by atoms with Crippen LogP contribution in [-0.4, -0.2) is 48.5 Å². The Morgan fingerprint density at radius 3 is 2.38 bits per heavy atom. The molecule has 0 radical (unpaired) electrons. The standard InChI is InChI=1S/C22H28N4O3/c1-3-18-8-10-19(11-9-18)17(2)23-22(27)16-24-12-14-25(15-13-24)20-6-4-5-7-21(20)26(28)29/h4-11,17H,3,12-16H2,1-2H3,(H,23,27). The average molecular weight is 396 g/mol. The van der Waals surface area contributed by atoms with E-state index in [2.05, 4.69) is 41.4 Å². The maximum Gasteiger partial charge on any atom is 0.292 e. The Labute approximate surface area is 171 Å². The lowest BCUT2D eigenvalue weighted by Crippen LogP contribution is -2.49. The fourth-order valence-electron chi connectivity index (χ4n) is 3.65. The van der Waals surface area contributed by atoms with Gasteiger partial charge < -0.3 is 10.2 Å². The predicted octanol–water partition coefficient (Wildman–Crippen LogP) is 3.16. The number of anilines is 1. The lowest BCUT2D eigenvalue weighted by atomic mass is 10.0. The summed E-state index contributed by atoms with van der Waals surface area (Å²) >= 11 is 0. The largest absolute Gasteiger partial charge is 0.363 e. The van der Waals surface area contributed by atoms with Gasteiger partial charge in [0.2, 0.25) is 5.91 Å². The first kappa shape index (κ1) is 20.8. The molecule has 0 saturated carbocycles. The van der Waals surface area contributed by atoms with Crippen LogP contribution in [0.15, 0.2) is 48.5 Å². The zero-order valence-electron chi connectivity index (χ0n) is 17.0. The summed E-state index contributed by atoms with van der Waals surface area (Å²) in [6, 6.07) is 15.1. The topological polar surface area (TPSA) is 78.7 Å². The number of nitro groups is 1. The lowest BCUT2D eigenvalue weighted by molar-refractivity contribution is -0.384. The third-order valence-electron chi connectivity index (χ3n) is 5.42. The molecule has 0 aliphatic carbocycles. The van der Waals surface area contributed by atoms with Gasteiger partial charge in [-0.2, -0.15) is 0 Å². The van der Waals surface area contributed by atoms with Gasteiger partial charge in [0.1, 0.15) is 5.69 Å².